The average Bonchev–Trinajstić information content (AvgIpc) is 3.05. The van der Waals surface area contributed by atoms with Gasteiger partial charge in [0.1, 0.15) is 5.01 Å². The molecule has 0 aliphatic rings. The highest BCUT2D eigenvalue weighted by Crippen LogP contribution is 2.21. The topological polar surface area (TPSA) is 54.9 Å². The Morgan fingerprint density at radius 3 is 2.78 bits per heavy atom. The van der Waals surface area contributed by atoms with Crippen LogP contribution in [0.5, 0.6) is 0 Å². The largest absolute Gasteiger partial charge is 0.346 e. The third-order valence-electron chi connectivity index (χ3n) is 3.63. The number of aromatic nitrogens is 2. The number of pyridine rings is 1. The zero-order chi connectivity index (χ0) is 16.2. The predicted octanol–water partition coefficient (Wildman–Crippen LogP) is 3.75. The van der Waals surface area contributed by atoms with Crippen LogP contribution in [0.1, 0.15) is 27.2 Å². The molecule has 0 bridgehead atoms. The lowest BCUT2D eigenvalue weighted by Crippen LogP contribution is -2.23. The van der Waals surface area contributed by atoms with Crippen LogP contribution in [0.4, 0.5) is 0 Å². The molecule has 1 amide bonds. The summed E-state index contributed by atoms with van der Waals surface area (Å²) in [5.41, 5.74) is 4.66. The van der Waals surface area contributed by atoms with Crippen molar-refractivity contribution in [2.24, 2.45) is 0 Å². The van der Waals surface area contributed by atoms with Crippen molar-refractivity contribution in [1.82, 2.24) is 15.3 Å². The van der Waals surface area contributed by atoms with Gasteiger partial charge in [-0.05, 0) is 49.2 Å². The van der Waals surface area contributed by atoms with Gasteiger partial charge in [-0.1, -0.05) is 12.1 Å². The van der Waals surface area contributed by atoms with Crippen molar-refractivity contribution in [2.75, 3.05) is 0 Å². The van der Waals surface area contributed by atoms with E-state index in [-0.39, 0.29) is 5.91 Å². The molecule has 0 saturated heterocycles. The molecule has 3 rings (SSSR count). The van der Waals surface area contributed by atoms with Crippen LogP contribution in [0.25, 0.3) is 10.7 Å². The third-order valence-corrected chi connectivity index (χ3v) is 4.55. The molecule has 0 fully saturated rings. The lowest BCUT2D eigenvalue weighted by Gasteiger charge is -2.06. The van der Waals surface area contributed by atoms with E-state index in [0.29, 0.717) is 12.1 Å². The lowest BCUT2D eigenvalue weighted by atomic mass is 10.1. The monoisotopic (exact) mass is 323 g/mol. The number of benzene rings is 1. The molecule has 1 N–H and O–H groups in total. The normalized spacial score (nSPS) is 10.5. The van der Waals surface area contributed by atoms with Crippen LogP contribution >= 0.6 is 11.3 Å². The van der Waals surface area contributed by atoms with Gasteiger partial charge in [0.05, 0.1) is 17.9 Å². The highest BCUT2D eigenvalue weighted by molar-refractivity contribution is 7.13. The molecule has 4 nitrogen and oxygen atoms in total. The number of carbonyl (C=O) groups excluding carboxylic acids is 1. The molecule has 5 heteroatoms. The van der Waals surface area contributed by atoms with Crippen LogP contribution in [-0.4, -0.2) is 15.9 Å². The second-order valence-corrected chi connectivity index (χ2v) is 6.20. The number of hydrogen-bond donors (Lipinski definition) is 1. The van der Waals surface area contributed by atoms with Gasteiger partial charge >= 0.3 is 0 Å². The van der Waals surface area contributed by atoms with Gasteiger partial charge in [0.25, 0.3) is 5.91 Å². The first kappa shape index (κ1) is 15.4. The highest BCUT2D eigenvalue weighted by Gasteiger charge is 2.09. The summed E-state index contributed by atoms with van der Waals surface area (Å²) in [5.74, 6) is -0.0829. The van der Waals surface area contributed by atoms with Crippen molar-refractivity contribution in [2.45, 2.75) is 20.4 Å². The molecule has 0 radical (unpaired) electrons. The zero-order valence-electron chi connectivity index (χ0n) is 13.0. The van der Waals surface area contributed by atoms with Gasteiger partial charge in [0.2, 0.25) is 0 Å². The Morgan fingerprint density at radius 2 is 2.04 bits per heavy atom. The SMILES string of the molecule is Cc1ccc(C(=O)NCc2csc(-c3ccccn3)n2)cc1C. The van der Waals surface area contributed by atoms with E-state index < -0.39 is 0 Å². The average molecular weight is 323 g/mol. The molecular weight excluding hydrogens is 306 g/mol. The predicted molar refractivity (Wildman–Crippen MR) is 92.4 cm³/mol. The zero-order valence-corrected chi connectivity index (χ0v) is 13.9. The number of nitrogens with one attached hydrogen (secondary N) is 1. The Bertz CT molecular complexity index is 827. The fourth-order valence-electron chi connectivity index (χ4n) is 2.15. The van der Waals surface area contributed by atoms with Crippen LogP contribution < -0.4 is 5.32 Å². The van der Waals surface area contributed by atoms with Crippen LogP contribution in [0.3, 0.4) is 0 Å². The standard InChI is InChI=1S/C18H17N3OS/c1-12-6-7-14(9-13(12)2)17(22)20-10-15-11-23-18(21-15)16-5-3-4-8-19-16/h3-9,11H,10H2,1-2H3,(H,20,22). The number of carbonyl (C=O) groups is 1. The minimum absolute atomic E-state index is 0.0829. The van der Waals surface area contributed by atoms with E-state index in [9.17, 15) is 4.79 Å². The summed E-state index contributed by atoms with van der Waals surface area (Å²) in [4.78, 5) is 21.0. The van der Waals surface area contributed by atoms with Crippen molar-refractivity contribution >= 4 is 17.2 Å². The van der Waals surface area contributed by atoms with Gasteiger partial charge in [-0.2, -0.15) is 0 Å². The minimum Gasteiger partial charge on any atom is -0.346 e. The number of hydrogen-bond acceptors (Lipinski definition) is 4. The highest BCUT2D eigenvalue weighted by atomic mass is 32.1. The van der Waals surface area contributed by atoms with E-state index in [0.717, 1.165) is 22.0 Å². The van der Waals surface area contributed by atoms with Gasteiger partial charge in [0, 0.05) is 17.1 Å². The number of thiazole rings is 1. The van der Waals surface area contributed by atoms with E-state index in [1.165, 1.54) is 16.9 Å². The smallest absolute Gasteiger partial charge is 0.251 e. The molecule has 3 aromatic rings. The minimum atomic E-state index is -0.0829. The number of aryl methyl sites for hydroxylation is 2. The summed E-state index contributed by atoms with van der Waals surface area (Å²) in [6, 6.07) is 11.5. The van der Waals surface area contributed by atoms with Gasteiger partial charge in [-0.25, -0.2) is 4.98 Å². The summed E-state index contributed by atoms with van der Waals surface area (Å²) >= 11 is 1.53. The van der Waals surface area contributed by atoms with Crippen molar-refractivity contribution in [3.8, 4) is 10.7 Å². The first-order valence-electron chi connectivity index (χ1n) is 7.35. The van der Waals surface area contributed by atoms with Crippen molar-refractivity contribution in [3.63, 3.8) is 0 Å². The Kier molecular flexibility index (Phi) is 4.48. The van der Waals surface area contributed by atoms with Crippen LogP contribution in [-0.2, 0) is 6.54 Å². The second kappa shape index (κ2) is 6.71. The van der Waals surface area contributed by atoms with Crippen LogP contribution in [0.2, 0.25) is 0 Å². The number of nitrogens with zero attached hydrogens (tertiary/aromatic N) is 2. The second-order valence-electron chi connectivity index (χ2n) is 5.34. The molecule has 23 heavy (non-hydrogen) atoms. The molecule has 0 unspecified atom stereocenters. The fraction of sp³-hybridized carbons (Fsp3) is 0.167. The van der Waals surface area contributed by atoms with Crippen LogP contribution in [0, 0.1) is 13.8 Å². The Morgan fingerprint density at radius 1 is 1.17 bits per heavy atom. The molecule has 0 atom stereocenters. The Balaban J connectivity index is 1.65. The molecule has 2 heterocycles. The molecular formula is C18H17N3OS. The maximum absolute atomic E-state index is 12.2. The van der Waals surface area contributed by atoms with E-state index in [1.54, 1.807) is 6.20 Å². The summed E-state index contributed by atoms with van der Waals surface area (Å²) in [6.45, 7) is 4.45. The maximum Gasteiger partial charge on any atom is 0.251 e. The van der Waals surface area contributed by atoms with Gasteiger partial charge in [-0.3, -0.25) is 9.78 Å². The van der Waals surface area contributed by atoms with E-state index in [4.69, 9.17) is 0 Å². The van der Waals surface area contributed by atoms with Gasteiger partial charge in [-0.15, -0.1) is 11.3 Å². The molecule has 0 spiro atoms. The third kappa shape index (κ3) is 3.63. The van der Waals surface area contributed by atoms with Gasteiger partial charge in [0.15, 0.2) is 0 Å². The Hall–Kier alpha value is -2.53. The van der Waals surface area contributed by atoms with E-state index in [1.807, 2.05) is 55.6 Å². The quantitative estimate of drug-likeness (QED) is 0.795. The summed E-state index contributed by atoms with van der Waals surface area (Å²) < 4.78 is 0. The molecule has 116 valence electrons. The Labute approximate surface area is 139 Å². The van der Waals surface area contributed by atoms with E-state index in [2.05, 4.69) is 15.3 Å². The first-order valence-corrected chi connectivity index (χ1v) is 8.23. The number of amides is 1. The van der Waals surface area contributed by atoms with Crippen LogP contribution in [0.15, 0.2) is 48.0 Å². The molecule has 0 aliphatic heterocycles. The van der Waals surface area contributed by atoms with Gasteiger partial charge < -0.3 is 5.32 Å². The first-order chi connectivity index (χ1) is 11.1. The van der Waals surface area contributed by atoms with Crippen molar-refractivity contribution in [1.29, 1.82) is 0 Å². The molecule has 0 aliphatic carbocycles. The molecule has 0 saturated carbocycles. The fourth-order valence-corrected chi connectivity index (χ4v) is 2.95. The summed E-state index contributed by atoms with van der Waals surface area (Å²) in [5, 5.41) is 5.72. The summed E-state index contributed by atoms with van der Waals surface area (Å²) in [7, 11) is 0. The lowest BCUT2D eigenvalue weighted by molar-refractivity contribution is 0.0950. The van der Waals surface area contributed by atoms with E-state index >= 15 is 0 Å². The van der Waals surface area contributed by atoms with Crippen molar-refractivity contribution < 1.29 is 4.79 Å². The molecule has 1 aromatic carbocycles. The summed E-state index contributed by atoms with van der Waals surface area (Å²) in [6.07, 6.45) is 1.75. The van der Waals surface area contributed by atoms with Crippen molar-refractivity contribution in [3.05, 3.63) is 70.4 Å². The molecule has 2 aromatic heterocycles. The maximum atomic E-state index is 12.2. The number of rotatable bonds is 4.